The molecule has 0 atom stereocenters. The summed E-state index contributed by atoms with van der Waals surface area (Å²) in [6.07, 6.45) is 5.08. The van der Waals surface area contributed by atoms with Gasteiger partial charge in [0.1, 0.15) is 0 Å². The van der Waals surface area contributed by atoms with Crippen LogP contribution in [-0.4, -0.2) is 19.6 Å². The molecule has 0 N–H and O–H groups in total. The normalized spacial score (nSPS) is 15.2. The van der Waals surface area contributed by atoms with Gasteiger partial charge >= 0.3 is 0 Å². The molecule has 1 aliphatic heterocycles. The number of hydrogen-bond donors (Lipinski definition) is 0. The van der Waals surface area contributed by atoms with Gasteiger partial charge < -0.3 is 9.64 Å². The molecule has 0 aliphatic carbocycles. The molecule has 0 fully saturated rings. The highest BCUT2D eigenvalue weighted by Gasteiger charge is 2.21. The molecule has 2 rings (SSSR count). The Bertz CT molecular complexity index is 452. The summed E-state index contributed by atoms with van der Waals surface area (Å²) in [6.45, 7) is 2.63. The third kappa shape index (κ3) is 2.33. The molecule has 1 aliphatic rings. The zero-order chi connectivity index (χ0) is 12.3. The van der Waals surface area contributed by atoms with Crippen molar-refractivity contribution in [3.8, 4) is 0 Å². The highest BCUT2D eigenvalue weighted by Crippen LogP contribution is 2.30. The maximum Gasteiger partial charge on any atom is 0.227 e. The summed E-state index contributed by atoms with van der Waals surface area (Å²) in [7, 11) is 1.83. The van der Waals surface area contributed by atoms with Gasteiger partial charge in [-0.05, 0) is 36.6 Å². The number of rotatable bonds is 3. The van der Waals surface area contributed by atoms with E-state index >= 15 is 0 Å². The van der Waals surface area contributed by atoms with Crippen LogP contribution in [0.5, 0.6) is 0 Å². The summed E-state index contributed by atoms with van der Waals surface area (Å²) >= 11 is 0. The van der Waals surface area contributed by atoms with Crippen LogP contribution in [0.4, 0.5) is 5.69 Å². The molecule has 0 radical (unpaired) electrons. The lowest BCUT2D eigenvalue weighted by Crippen LogP contribution is -2.31. The van der Waals surface area contributed by atoms with E-state index in [1.54, 1.807) is 11.2 Å². The first-order chi connectivity index (χ1) is 8.24. The molecule has 1 aromatic rings. The number of amides is 1. The average Bonchev–Trinajstić information content (AvgIpc) is 2.35. The predicted molar refractivity (Wildman–Crippen MR) is 68.8 cm³/mol. The number of hydrogen-bond acceptors (Lipinski definition) is 2. The Hall–Kier alpha value is -1.77. The van der Waals surface area contributed by atoms with Crippen LogP contribution in [0.1, 0.15) is 24.5 Å². The first kappa shape index (κ1) is 11.7. The summed E-state index contributed by atoms with van der Waals surface area (Å²) in [6, 6.07) is 6.02. The molecular weight excluding hydrogens is 214 g/mol. The zero-order valence-electron chi connectivity index (χ0n) is 10.3. The standard InChI is InChI=1S/C14H17NO2/c1-3-17-10-9-11-5-4-6-13-12(11)7-8-14(16)15(13)2/h4-6,9-10H,3,7-8H2,1-2H3. The monoisotopic (exact) mass is 231 g/mol. The molecule has 0 unspecified atom stereocenters. The first-order valence-corrected chi connectivity index (χ1v) is 5.90. The minimum atomic E-state index is 0.184. The Morgan fingerprint density at radius 3 is 3.00 bits per heavy atom. The van der Waals surface area contributed by atoms with Crippen LogP contribution in [0.3, 0.4) is 0 Å². The first-order valence-electron chi connectivity index (χ1n) is 5.90. The number of carbonyl (C=O) groups is 1. The van der Waals surface area contributed by atoms with Crippen molar-refractivity contribution in [3.05, 3.63) is 35.6 Å². The fraction of sp³-hybridized carbons (Fsp3) is 0.357. The van der Waals surface area contributed by atoms with Crippen molar-refractivity contribution >= 4 is 17.7 Å². The Kier molecular flexibility index (Phi) is 3.47. The van der Waals surface area contributed by atoms with E-state index in [1.807, 2.05) is 32.2 Å². The van der Waals surface area contributed by atoms with Gasteiger partial charge in [-0.3, -0.25) is 4.79 Å². The van der Waals surface area contributed by atoms with Crippen LogP contribution in [-0.2, 0) is 16.0 Å². The molecule has 1 heterocycles. The minimum Gasteiger partial charge on any atom is -0.501 e. The van der Waals surface area contributed by atoms with Crippen molar-refractivity contribution in [2.45, 2.75) is 19.8 Å². The number of fused-ring (bicyclic) bond motifs is 1. The van der Waals surface area contributed by atoms with Crippen molar-refractivity contribution in [1.82, 2.24) is 0 Å². The van der Waals surface area contributed by atoms with Crippen molar-refractivity contribution in [1.29, 1.82) is 0 Å². The summed E-state index contributed by atoms with van der Waals surface area (Å²) in [5.74, 6) is 0.184. The summed E-state index contributed by atoms with van der Waals surface area (Å²) in [5.41, 5.74) is 3.38. The smallest absolute Gasteiger partial charge is 0.227 e. The van der Waals surface area contributed by atoms with Crippen molar-refractivity contribution in [3.63, 3.8) is 0 Å². The molecule has 0 aromatic heterocycles. The van der Waals surface area contributed by atoms with Crippen LogP contribution >= 0.6 is 0 Å². The molecular formula is C14H17NO2. The van der Waals surface area contributed by atoms with Gasteiger partial charge in [-0.2, -0.15) is 0 Å². The van der Waals surface area contributed by atoms with Gasteiger partial charge in [0, 0.05) is 19.2 Å². The summed E-state index contributed by atoms with van der Waals surface area (Å²) < 4.78 is 5.22. The molecule has 17 heavy (non-hydrogen) atoms. The summed E-state index contributed by atoms with van der Waals surface area (Å²) in [5, 5.41) is 0. The number of carbonyl (C=O) groups excluding carboxylic acids is 1. The second kappa shape index (κ2) is 5.04. The highest BCUT2D eigenvalue weighted by molar-refractivity contribution is 5.96. The molecule has 1 amide bonds. The van der Waals surface area contributed by atoms with E-state index in [-0.39, 0.29) is 5.91 Å². The quantitative estimate of drug-likeness (QED) is 0.748. The van der Waals surface area contributed by atoms with Gasteiger partial charge in [-0.15, -0.1) is 0 Å². The van der Waals surface area contributed by atoms with Crippen molar-refractivity contribution < 1.29 is 9.53 Å². The fourth-order valence-corrected chi connectivity index (χ4v) is 2.09. The van der Waals surface area contributed by atoms with Crippen molar-refractivity contribution in [2.24, 2.45) is 0 Å². The molecule has 0 saturated heterocycles. The van der Waals surface area contributed by atoms with Crippen LogP contribution in [0.15, 0.2) is 24.5 Å². The number of ether oxygens (including phenoxy) is 1. The maximum absolute atomic E-state index is 11.6. The summed E-state index contributed by atoms with van der Waals surface area (Å²) in [4.78, 5) is 13.3. The topological polar surface area (TPSA) is 29.5 Å². The molecule has 0 bridgehead atoms. The van der Waals surface area contributed by atoms with E-state index in [0.29, 0.717) is 13.0 Å². The molecule has 90 valence electrons. The lowest BCUT2D eigenvalue weighted by molar-refractivity contribution is -0.118. The Balaban J connectivity index is 2.34. The van der Waals surface area contributed by atoms with Gasteiger partial charge in [0.15, 0.2) is 0 Å². The second-order valence-electron chi connectivity index (χ2n) is 4.06. The molecule has 0 saturated carbocycles. The number of nitrogens with zero attached hydrogens (tertiary/aromatic N) is 1. The minimum absolute atomic E-state index is 0.184. The Morgan fingerprint density at radius 1 is 1.41 bits per heavy atom. The number of benzene rings is 1. The van der Waals surface area contributed by atoms with Gasteiger partial charge in [0.2, 0.25) is 5.91 Å². The van der Waals surface area contributed by atoms with E-state index < -0.39 is 0 Å². The van der Waals surface area contributed by atoms with Crippen LogP contribution in [0.25, 0.3) is 6.08 Å². The predicted octanol–water partition coefficient (Wildman–Crippen LogP) is 2.60. The van der Waals surface area contributed by atoms with Crippen molar-refractivity contribution in [2.75, 3.05) is 18.6 Å². The third-order valence-corrected chi connectivity index (χ3v) is 3.02. The molecule has 1 aromatic carbocycles. The molecule has 0 spiro atoms. The Labute approximate surface area is 102 Å². The van der Waals surface area contributed by atoms with Gasteiger partial charge in [0.25, 0.3) is 0 Å². The van der Waals surface area contributed by atoms with Gasteiger partial charge in [-0.25, -0.2) is 0 Å². The SMILES string of the molecule is CCOC=Cc1cccc2c1CCC(=O)N2C. The Morgan fingerprint density at radius 2 is 2.24 bits per heavy atom. The van der Waals surface area contributed by atoms with Crippen LogP contribution in [0, 0.1) is 0 Å². The lowest BCUT2D eigenvalue weighted by Gasteiger charge is -2.26. The average molecular weight is 231 g/mol. The maximum atomic E-state index is 11.6. The largest absolute Gasteiger partial charge is 0.501 e. The van der Waals surface area contributed by atoms with E-state index in [1.165, 1.54) is 5.56 Å². The molecule has 3 nitrogen and oxygen atoms in total. The third-order valence-electron chi connectivity index (χ3n) is 3.02. The fourth-order valence-electron chi connectivity index (χ4n) is 2.09. The highest BCUT2D eigenvalue weighted by atomic mass is 16.5. The lowest BCUT2D eigenvalue weighted by atomic mass is 9.96. The van der Waals surface area contributed by atoms with E-state index in [2.05, 4.69) is 6.07 Å². The zero-order valence-corrected chi connectivity index (χ0v) is 10.3. The molecule has 3 heteroatoms. The van der Waals surface area contributed by atoms with Gasteiger partial charge in [-0.1, -0.05) is 12.1 Å². The van der Waals surface area contributed by atoms with E-state index in [4.69, 9.17) is 4.74 Å². The number of anilines is 1. The van der Waals surface area contributed by atoms with E-state index in [9.17, 15) is 4.79 Å². The van der Waals surface area contributed by atoms with E-state index in [0.717, 1.165) is 17.7 Å². The second-order valence-corrected chi connectivity index (χ2v) is 4.06. The van der Waals surface area contributed by atoms with Gasteiger partial charge in [0.05, 0.1) is 12.9 Å². The van der Waals surface area contributed by atoms with Crippen LogP contribution in [0.2, 0.25) is 0 Å². The van der Waals surface area contributed by atoms with Crippen LogP contribution < -0.4 is 4.90 Å².